The molecule has 2 N–H and O–H groups in total. The molecule has 0 aromatic heterocycles. The van der Waals surface area contributed by atoms with E-state index in [1.165, 1.54) is 6.07 Å². The molecule has 1 aliphatic heterocycles. The number of nitrogens with one attached hydrogen (secondary N) is 1. The van der Waals surface area contributed by atoms with Gasteiger partial charge in [0.05, 0.1) is 12.6 Å². The number of hydrogen-bond acceptors (Lipinski definition) is 3. The van der Waals surface area contributed by atoms with E-state index in [1.807, 2.05) is 6.92 Å². The molecule has 0 unspecified atom stereocenters. The van der Waals surface area contributed by atoms with Crippen LogP contribution in [0.2, 0.25) is 0 Å². The minimum Gasteiger partial charge on any atom is -0.361 e. The molecule has 18 heavy (non-hydrogen) atoms. The van der Waals surface area contributed by atoms with Crippen LogP contribution in [-0.4, -0.2) is 23.8 Å². The lowest BCUT2D eigenvalue weighted by atomic mass is 9.96. The van der Waals surface area contributed by atoms with Crippen molar-refractivity contribution in [3.63, 3.8) is 0 Å². The molecular weight excluding hydrogens is 264 g/mol. The fourth-order valence-electron chi connectivity index (χ4n) is 2.02. The van der Waals surface area contributed by atoms with Gasteiger partial charge in [-0.15, -0.1) is 12.4 Å². The summed E-state index contributed by atoms with van der Waals surface area (Å²) in [6.45, 7) is 3.96. The average molecular weight is 280 g/mol. The maximum Gasteiger partial charge on any atom is 0.208 e. The Labute approximate surface area is 111 Å². The molecular formula is C12H16ClF2NO2. The number of rotatable bonds is 1. The summed E-state index contributed by atoms with van der Waals surface area (Å²) < 4.78 is 31.4. The van der Waals surface area contributed by atoms with E-state index in [-0.39, 0.29) is 24.0 Å². The number of benzene rings is 1. The van der Waals surface area contributed by atoms with Crippen molar-refractivity contribution < 1.29 is 18.6 Å². The minimum atomic E-state index is -1.62. The van der Waals surface area contributed by atoms with Crippen molar-refractivity contribution in [2.75, 3.05) is 6.61 Å². The molecule has 102 valence electrons. The third kappa shape index (κ3) is 2.64. The first-order valence-corrected chi connectivity index (χ1v) is 5.51. The molecule has 0 radical (unpaired) electrons. The summed E-state index contributed by atoms with van der Waals surface area (Å²) in [5, 5.41) is 13.5. The first kappa shape index (κ1) is 15.3. The molecule has 1 heterocycles. The molecule has 0 saturated carbocycles. The second kappa shape index (κ2) is 5.48. The Morgan fingerprint density at radius 3 is 2.56 bits per heavy atom. The highest BCUT2D eigenvalue weighted by Crippen LogP contribution is 2.30. The van der Waals surface area contributed by atoms with Crippen LogP contribution in [-0.2, 0) is 10.5 Å². The number of aliphatic hydroxyl groups is 1. The highest BCUT2D eigenvalue weighted by atomic mass is 35.5. The summed E-state index contributed by atoms with van der Waals surface area (Å²) in [6, 6.07) is 2.97. The van der Waals surface area contributed by atoms with Crippen LogP contribution in [0, 0.1) is 11.6 Å². The minimum absolute atomic E-state index is 0. The monoisotopic (exact) mass is 279 g/mol. The molecule has 3 nitrogen and oxygen atoms in total. The van der Waals surface area contributed by atoms with E-state index in [2.05, 4.69) is 5.32 Å². The Kier molecular flexibility index (Phi) is 4.66. The van der Waals surface area contributed by atoms with Crippen LogP contribution < -0.4 is 5.32 Å². The van der Waals surface area contributed by atoms with E-state index in [0.29, 0.717) is 6.61 Å². The predicted molar refractivity (Wildman–Crippen MR) is 65.5 cm³/mol. The zero-order valence-electron chi connectivity index (χ0n) is 10.1. The van der Waals surface area contributed by atoms with Crippen molar-refractivity contribution in [3.8, 4) is 0 Å². The van der Waals surface area contributed by atoms with Crippen LogP contribution in [0.15, 0.2) is 18.2 Å². The molecule has 0 bridgehead atoms. The van der Waals surface area contributed by atoms with Gasteiger partial charge in [0.1, 0.15) is 0 Å². The van der Waals surface area contributed by atoms with Gasteiger partial charge in [-0.25, -0.2) is 8.78 Å². The number of halogens is 3. The normalized spacial score (nSPS) is 31.8. The maximum atomic E-state index is 13.1. The predicted octanol–water partition coefficient (Wildman–Crippen LogP) is 1.93. The molecule has 1 aliphatic rings. The van der Waals surface area contributed by atoms with Crippen LogP contribution in [0.5, 0.6) is 0 Å². The summed E-state index contributed by atoms with van der Waals surface area (Å²) in [7, 11) is 0. The highest BCUT2D eigenvalue weighted by Gasteiger charge is 2.41. The van der Waals surface area contributed by atoms with Crippen LogP contribution in [0.25, 0.3) is 0 Å². The van der Waals surface area contributed by atoms with Crippen molar-refractivity contribution >= 4 is 12.4 Å². The zero-order chi connectivity index (χ0) is 12.6. The van der Waals surface area contributed by atoms with Gasteiger partial charge in [0, 0.05) is 11.6 Å². The Bertz CT molecular complexity index is 433. The van der Waals surface area contributed by atoms with Gasteiger partial charge in [0.2, 0.25) is 5.79 Å². The fraction of sp³-hybridized carbons (Fsp3) is 0.500. The largest absolute Gasteiger partial charge is 0.361 e. The molecule has 2 rings (SSSR count). The standard InChI is InChI=1S/C12H15F2NO2.ClH/c1-7-6-17-12(16,8(2)15-7)9-3-4-10(13)11(14)5-9;/h3-5,7-8,15-16H,6H2,1-2H3;1H/t7-,8+,12-;/m1./s1. The van der Waals surface area contributed by atoms with Crippen molar-refractivity contribution in [2.24, 2.45) is 0 Å². The van der Waals surface area contributed by atoms with E-state index in [1.54, 1.807) is 6.92 Å². The molecule has 0 aliphatic carbocycles. The van der Waals surface area contributed by atoms with Gasteiger partial charge in [-0.2, -0.15) is 0 Å². The third-order valence-electron chi connectivity index (χ3n) is 3.01. The van der Waals surface area contributed by atoms with Gasteiger partial charge in [0.25, 0.3) is 0 Å². The van der Waals surface area contributed by atoms with Gasteiger partial charge < -0.3 is 15.2 Å². The third-order valence-corrected chi connectivity index (χ3v) is 3.01. The van der Waals surface area contributed by atoms with Crippen LogP contribution in [0.3, 0.4) is 0 Å². The van der Waals surface area contributed by atoms with E-state index < -0.39 is 23.5 Å². The lowest BCUT2D eigenvalue weighted by Gasteiger charge is -2.41. The quantitative estimate of drug-likeness (QED) is 0.825. The van der Waals surface area contributed by atoms with Crippen molar-refractivity contribution in [1.82, 2.24) is 5.32 Å². The van der Waals surface area contributed by atoms with Gasteiger partial charge in [-0.3, -0.25) is 0 Å². The van der Waals surface area contributed by atoms with Crippen LogP contribution in [0.4, 0.5) is 8.78 Å². The Morgan fingerprint density at radius 1 is 1.33 bits per heavy atom. The second-order valence-electron chi connectivity index (χ2n) is 4.43. The molecule has 1 saturated heterocycles. The summed E-state index contributed by atoms with van der Waals surface area (Å²) in [4.78, 5) is 0. The average Bonchev–Trinajstić information content (AvgIpc) is 2.28. The van der Waals surface area contributed by atoms with Gasteiger partial charge in [-0.05, 0) is 26.0 Å². The van der Waals surface area contributed by atoms with Crippen LogP contribution in [0.1, 0.15) is 19.4 Å². The van der Waals surface area contributed by atoms with Gasteiger partial charge >= 0.3 is 0 Å². The fourth-order valence-corrected chi connectivity index (χ4v) is 2.02. The van der Waals surface area contributed by atoms with E-state index >= 15 is 0 Å². The summed E-state index contributed by atoms with van der Waals surface area (Å²) in [6.07, 6.45) is 0. The molecule has 6 heteroatoms. The molecule has 1 aromatic carbocycles. The van der Waals surface area contributed by atoms with Crippen LogP contribution >= 0.6 is 12.4 Å². The number of morpholine rings is 1. The van der Waals surface area contributed by atoms with Gasteiger partial charge in [0.15, 0.2) is 11.6 Å². The lowest BCUT2D eigenvalue weighted by molar-refractivity contribution is -0.252. The molecule has 1 fully saturated rings. The van der Waals surface area contributed by atoms with Gasteiger partial charge in [-0.1, -0.05) is 6.07 Å². The Morgan fingerprint density at radius 2 is 2.00 bits per heavy atom. The molecule has 0 amide bonds. The van der Waals surface area contributed by atoms with Crippen molar-refractivity contribution in [2.45, 2.75) is 31.7 Å². The molecule has 3 atom stereocenters. The number of hydrogen-bond donors (Lipinski definition) is 2. The molecule has 1 aromatic rings. The second-order valence-corrected chi connectivity index (χ2v) is 4.43. The number of ether oxygens (including phenoxy) is 1. The summed E-state index contributed by atoms with van der Waals surface area (Å²) in [5.41, 5.74) is 0.211. The van der Waals surface area contributed by atoms with Crippen molar-refractivity contribution in [1.29, 1.82) is 0 Å². The van der Waals surface area contributed by atoms with E-state index in [0.717, 1.165) is 12.1 Å². The smallest absolute Gasteiger partial charge is 0.208 e. The summed E-state index contributed by atoms with van der Waals surface area (Å²) >= 11 is 0. The first-order chi connectivity index (χ1) is 7.93. The zero-order valence-corrected chi connectivity index (χ0v) is 10.9. The topological polar surface area (TPSA) is 41.5 Å². The highest BCUT2D eigenvalue weighted by molar-refractivity contribution is 5.85. The maximum absolute atomic E-state index is 13.1. The SMILES string of the molecule is C[C@@H]1CO[C@@](O)(c2ccc(F)c(F)c2)[C@H](C)N1.Cl. The summed E-state index contributed by atoms with van der Waals surface area (Å²) in [5.74, 6) is -3.56. The van der Waals surface area contributed by atoms with Crippen molar-refractivity contribution in [3.05, 3.63) is 35.4 Å². The Balaban J connectivity index is 0.00000162. The first-order valence-electron chi connectivity index (χ1n) is 5.51. The lowest BCUT2D eigenvalue weighted by Crippen LogP contribution is -2.58. The molecule has 0 spiro atoms. The Hall–Kier alpha value is -0.750. The van der Waals surface area contributed by atoms with E-state index in [4.69, 9.17) is 4.74 Å². The van der Waals surface area contributed by atoms with E-state index in [9.17, 15) is 13.9 Å².